The number of nitrogens with zero attached hydrogens (tertiary/aromatic N) is 2. The molecule has 0 atom stereocenters. The first kappa shape index (κ1) is 24.0. The number of halogens is 6. The van der Waals surface area contributed by atoms with Crippen molar-refractivity contribution in [2.24, 2.45) is 0 Å². The molecule has 0 radical (unpaired) electrons. The number of alkyl halides is 6. The second-order valence-corrected chi connectivity index (χ2v) is 7.27. The summed E-state index contributed by atoms with van der Waals surface area (Å²) in [6.45, 7) is -0.698. The van der Waals surface area contributed by atoms with Crippen molar-refractivity contribution in [2.45, 2.75) is 18.9 Å². The highest BCUT2D eigenvalue weighted by molar-refractivity contribution is 7.07. The van der Waals surface area contributed by atoms with Crippen LogP contribution in [0.15, 0.2) is 52.2 Å². The first-order valence-corrected chi connectivity index (χ1v) is 9.76. The van der Waals surface area contributed by atoms with Gasteiger partial charge in [-0.2, -0.15) is 26.3 Å². The first-order chi connectivity index (χ1) is 15.3. The number of aromatic nitrogens is 2. The Hall–Kier alpha value is -3.68. The van der Waals surface area contributed by atoms with Gasteiger partial charge in [0.05, 0.1) is 16.6 Å². The Kier molecular flexibility index (Phi) is 6.58. The highest BCUT2D eigenvalue weighted by Gasteiger charge is 2.37. The number of carbonyl (C=O) groups excluding carboxylic acids is 2. The van der Waals surface area contributed by atoms with Crippen molar-refractivity contribution in [3.05, 3.63) is 74.6 Å². The third-order valence-corrected chi connectivity index (χ3v) is 4.69. The second-order valence-electron chi connectivity index (χ2n) is 6.55. The van der Waals surface area contributed by atoms with Crippen LogP contribution in [0, 0.1) is 0 Å². The number of carbonyl (C=O) groups is 2. The van der Waals surface area contributed by atoms with Gasteiger partial charge in [-0.25, -0.2) is 4.98 Å². The average molecular weight is 490 g/mol. The van der Waals surface area contributed by atoms with Gasteiger partial charge in [-0.3, -0.25) is 14.4 Å². The standard InChI is InChI=1S/C19H12F6N4O3S/c20-18(21,22)10-3-11(19(23,24)25)5-13(4-10)27-15(30)7-29-2-1-12(6-16(29)31)28-17(32)14-8-33-9-26-14/h1-6,8-9H,7H2,(H,27,30)(H,28,32). The van der Waals surface area contributed by atoms with E-state index in [9.17, 15) is 40.7 Å². The van der Waals surface area contributed by atoms with E-state index in [1.807, 2.05) is 5.32 Å². The van der Waals surface area contributed by atoms with E-state index in [1.165, 1.54) is 28.3 Å². The van der Waals surface area contributed by atoms with Crippen molar-refractivity contribution in [1.29, 1.82) is 0 Å². The van der Waals surface area contributed by atoms with Gasteiger partial charge in [-0.1, -0.05) is 0 Å². The van der Waals surface area contributed by atoms with Crippen LogP contribution < -0.4 is 16.2 Å². The van der Waals surface area contributed by atoms with Gasteiger partial charge in [-0.05, 0) is 24.3 Å². The molecule has 2 heterocycles. The minimum absolute atomic E-state index is 0.0706. The van der Waals surface area contributed by atoms with Crippen molar-refractivity contribution < 1.29 is 35.9 Å². The summed E-state index contributed by atoms with van der Waals surface area (Å²) in [6, 6.07) is 2.91. The molecule has 2 amide bonds. The molecule has 14 heteroatoms. The summed E-state index contributed by atoms with van der Waals surface area (Å²) in [5.41, 5.74) is -3.00. The van der Waals surface area contributed by atoms with E-state index in [1.54, 1.807) is 0 Å². The molecule has 1 aromatic carbocycles. The molecule has 174 valence electrons. The van der Waals surface area contributed by atoms with E-state index in [0.29, 0.717) is 12.1 Å². The first-order valence-electron chi connectivity index (χ1n) is 8.82. The maximum atomic E-state index is 12.9. The largest absolute Gasteiger partial charge is 0.416 e. The molecular weight excluding hydrogens is 478 g/mol. The lowest BCUT2D eigenvalue weighted by molar-refractivity contribution is -0.143. The van der Waals surface area contributed by atoms with Crippen molar-refractivity contribution in [3.63, 3.8) is 0 Å². The third-order valence-electron chi connectivity index (χ3n) is 4.10. The Bertz CT molecular complexity index is 1200. The van der Waals surface area contributed by atoms with Crippen LogP contribution in [0.2, 0.25) is 0 Å². The number of thiazole rings is 1. The summed E-state index contributed by atoms with van der Waals surface area (Å²) in [7, 11) is 0. The van der Waals surface area contributed by atoms with Crippen LogP contribution in [0.1, 0.15) is 21.6 Å². The van der Waals surface area contributed by atoms with Crippen molar-refractivity contribution >= 4 is 34.5 Å². The molecule has 0 fully saturated rings. The minimum atomic E-state index is -5.07. The molecule has 0 aliphatic heterocycles. The van der Waals surface area contributed by atoms with Crippen LogP contribution in [0.4, 0.5) is 37.7 Å². The molecule has 3 aromatic rings. The van der Waals surface area contributed by atoms with Gasteiger partial charge in [0.1, 0.15) is 12.2 Å². The van der Waals surface area contributed by atoms with E-state index >= 15 is 0 Å². The van der Waals surface area contributed by atoms with Crippen molar-refractivity contribution in [2.75, 3.05) is 10.6 Å². The second kappa shape index (κ2) is 9.05. The van der Waals surface area contributed by atoms with Crippen LogP contribution in [-0.2, 0) is 23.7 Å². The van der Waals surface area contributed by atoms with Crippen molar-refractivity contribution in [1.82, 2.24) is 9.55 Å². The maximum Gasteiger partial charge on any atom is 0.416 e. The quantitative estimate of drug-likeness (QED) is 0.524. The van der Waals surface area contributed by atoms with Crippen LogP contribution in [0.25, 0.3) is 0 Å². The molecule has 2 N–H and O–H groups in total. The zero-order chi connectivity index (χ0) is 24.4. The summed E-state index contributed by atoms with van der Waals surface area (Å²) in [5, 5.41) is 5.84. The normalized spacial score (nSPS) is 11.8. The number of pyridine rings is 1. The average Bonchev–Trinajstić information content (AvgIpc) is 3.23. The number of benzene rings is 1. The molecule has 33 heavy (non-hydrogen) atoms. The molecule has 0 saturated carbocycles. The van der Waals surface area contributed by atoms with E-state index in [2.05, 4.69) is 10.3 Å². The Morgan fingerprint density at radius 2 is 1.58 bits per heavy atom. The fourth-order valence-electron chi connectivity index (χ4n) is 2.62. The zero-order valence-corrected chi connectivity index (χ0v) is 16.9. The van der Waals surface area contributed by atoms with Crippen LogP contribution in [0.5, 0.6) is 0 Å². The summed E-state index contributed by atoms with van der Waals surface area (Å²) in [5.74, 6) is -1.61. The smallest absolute Gasteiger partial charge is 0.325 e. The van der Waals surface area contributed by atoms with E-state index in [-0.39, 0.29) is 17.4 Å². The fraction of sp³-hybridized carbons (Fsp3) is 0.158. The number of hydrogen-bond donors (Lipinski definition) is 2. The van der Waals surface area contributed by atoms with E-state index in [4.69, 9.17) is 0 Å². The minimum Gasteiger partial charge on any atom is -0.325 e. The zero-order valence-electron chi connectivity index (χ0n) is 16.1. The third kappa shape index (κ3) is 6.19. The highest BCUT2D eigenvalue weighted by Crippen LogP contribution is 2.37. The van der Waals surface area contributed by atoms with Gasteiger partial charge >= 0.3 is 12.4 Å². The Balaban J connectivity index is 1.74. The van der Waals surface area contributed by atoms with Gasteiger partial charge in [0.25, 0.3) is 11.5 Å². The topological polar surface area (TPSA) is 93.1 Å². The van der Waals surface area contributed by atoms with E-state index in [0.717, 1.165) is 16.8 Å². The number of amides is 2. The number of rotatable bonds is 5. The van der Waals surface area contributed by atoms with Gasteiger partial charge in [0.2, 0.25) is 5.91 Å². The van der Waals surface area contributed by atoms with Gasteiger partial charge < -0.3 is 15.2 Å². The molecule has 7 nitrogen and oxygen atoms in total. The lowest BCUT2D eigenvalue weighted by Crippen LogP contribution is -2.27. The number of hydrogen-bond acceptors (Lipinski definition) is 5. The molecule has 0 unspecified atom stereocenters. The predicted octanol–water partition coefficient (Wildman–Crippen LogP) is 4.23. The Morgan fingerprint density at radius 1 is 0.939 bits per heavy atom. The molecule has 0 aliphatic rings. The molecule has 0 spiro atoms. The SMILES string of the molecule is O=C(Cn1ccc(NC(=O)c2cscn2)cc1=O)Nc1cc(C(F)(F)F)cc(C(F)(F)F)c1. The van der Waals surface area contributed by atoms with Crippen molar-refractivity contribution in [3.8, 4) is 0 Å². The summed E-state index contributed by atoms with van der Waals surface area (Å²) in [4.78, 5) is 40.1. The molecule has 0 aliphatic carbocycles. The van der Waals surface area contributed by atoms with Crippen LogP contribution >= 0.6 is 11.3 Å². The van der Waals surface area contributed by atoms with Gasteiger partial charge in [0, 0.05) is 29.0 Å². The summed E-state index contributed by atoms with van der Waals surface area (Å²) >= 11 is 1.19. The molecular formula is C19H12F6N4O3S. The summed E-state index contributed by atoms with van der Waals surface area (Å²) in [6.07, 6.45) is -9.02. The highest BCUT2D eigenvalue weighted by atomic mass is 32.1. The molecule has 3 rings (SSSR count). The molecule has 2 aromatic heterocycles. The lowest BCUT2D eigenvalue weighted by atomic mass is 10.1. The van der Waals surface area contributed by atoms with Crippen LogP contribution in [-0.4, -0.2) is 21.4 Å². The fourth-order valence-corrected chi connectivity index (χ4v) is 3.15. The Morgan fingerprint density at radius 3 is 2.09 bits per heavy atom. The molecule has 0 bridgehead atoms. The van der Waals surface area contributed by atoms with E-state index < -0.39 is 53.1 Å². The van der Waals surface area contributed by atoms with Gasteiger partial charge in [0.15, 0.2) is 0 Å². The maximum absolute atomic E-state index is 12.9. The summed E-state index contributed by atoms with van der Waals surface area (Å²) < 4.78 is 78.4. The van der Waals surface area contributed by atoms with Crippen LogP contribution in [0.3, 0.4) is 0 Å². The lowest BCUT2D eigenvalue weighted by Gasteiger charge is -2.15. The predicted molar refractivity (Wildman–Crippen MR) is 106 cm³/mol. The number of nitrogens with one attached hydrogen (secondary N) is 2. The number of anilines is 2. The Labute approximate surface area is 184 Å². The van der Waals surface area contributed by atoms with Gasteiger partial charge in [-0.15, -0.1) is 11.3 Å². The molecule has 0 saturated heterocycles. The monoisotopic (exact) mass is 490 g/mol.